The Morgan fingerprint density at radius 3 is 2.55 bits per heavy atom. The summed E-state index contributed by atoms with van der Waals surface area (Å²) in [5, 5.41) is 10.9. The summed E-state index contributed by atoms with van der Waals surface area (Å²) >= 11 is 0. The van der Waals surface area contributed by atoms with Gasteiger partial charge in [0.15, 0.2) is 0 Å². The lowest BCUT2D eigenvalue weighted by Gasteiger charge is -2.34. The van der Waals surface area contributed by atoms with Gasteiger partial charge in [-0.2, -0.15) is 0 Å². The summed E-state index contributed by atoms with van der Waals surface area (Å²) in [5.41, 5.74) is 2.34. The number of carbonyl (C=O) groups is 1. The third-order valence-electron chi connectivity index (χ3n) is 4.85. The maximum Gasteiger partial charge on any atom is 0.270 e. The van der Waals surface area contributed by atoms with Crippen LogP contribution in [0.4, 0.5) is 11.5 Å². The minimum atomic E-state index is -0.450. The number of anilines is 1. The molecule has 2 heterocycles. The molecule has 0 radical (unpaired) electrons. The number of para-hydroxylation sites is 2. The molecule has 0 atom stereocenters. The summed E-state index contributed by atoms with van der Waals surface area (Å²) in [5.74, 6) is 0.698. The first-order chi connectivity index (χ1) is 14.1. The van der Waals surface area contributed by atoms with Crippen LogP contribution in [-0.2, 0) is 4.79 Å². The van der Waals surface area contributed by atoms with Gasteiger partial charge in [-0.15, -0.1) is 0 Å². The zero-order chi connectivity index (χ0) is 20.2. The van der Waals surface area contributed by atoms with Gasteiger partial charge < -0.3 is 9.80 Å². The van der Waals surface area contributed by atoms with E-state index in [2.05, 4.69) is 14.9 Å². The maximum absolute atomic E-state index is 12.5. The van der Waals surface area contributed by atoms with Gasteiger partial charge in [0, 0.05) is 44.4 Å². The van der Waals surface area contributed by atoms with Gasteiger partial charge in [0.1, 0.15) is 5.82 Å². The topological polar surface area (TPSA) is 92.5 Å². The van der Waals surface area contributed by atoms with Crippen molar-refractivity contribution in [3.63, 3.8) is 0 Å². The van der Waals surface area contributed by atoms with Crippen LogP contribution in [-0.4, -0.2) is 51.9 Å². The standard InChI is InChI=1S/C21H19N5O3/c27-21(9-8-16-4-3-5-17(14-16)26(28)29)25-12-10-24(11-13-25)20-15-22-18-6-1-2-7-19(18)23-20/h1-9,14-15H,10-13H2/b9-8+. The van der Waals surface area contributed by atoms with Crippen LogP contribution < -0.4 is 4.90 Å². The minimum Gasteiger partial charge on any atom is -0.352 e. The Labute approximate surface area is 167 Å². The van der Waals surface area contributed by atoms with Crippen LogP contribution in [0.3, 0.4) is 0 Å². The van der Waals surface area contributed by atoms with Crippen LogP contribution >= 0.6 is 0 Å². The number of carbonyl (C=O) groups excluding carboxylic acids is 1. The second-order valence-corrected chi connectivity index (χ2v) is 6.71. The fraction of sp³-hybridized carbons (Fsp3) is 0.190. The van der Waals surface area contributed by atoms with E-state index in [1.165, 1.54) is 18.2 Å². The Kier molecular flexibility index (Phi) is 5.15. The first-order valence-electron chi connectivity index (χ1n) is 9.28. The largest absolute Gasteiger partial charge is 0.352 e. The van der Waals surface area contributed by atoms with Crippen molar-refractivity contribution >= 4 is 34.5 Å². The first-order valence-corrected chi connectivity index (χ1v) is 9.28. The maximum atomic E-state index is 12.5. The molecule has 8 nitrogen and oxygen atoms in total. The van der Waals surface area contributed by atoms with Crippen molar-refractivity contribution in [3.8, 4) is 0 Å². The van der Waals surface area contributed by atoms with E-state index in [0.717, 1.165) is 16.9 Å². The highest BCUT2D eigenvalue weighted by molar-refractivity contribution is 5.92. The molecule has 1 aliphatic rings. The normalized spacial score (nSPS) is 14.5. The minimum absolute atomic E-state index is 0.00436. The van der Waals surface area contributed by atoms with Crippen LogP contribution in [0.25, 0.3) is 17.1 Å². The summed E-state index contributed by atoms with van der Waals surface area (Å²) in [6.45, 7) is 2.49. The second-order valence-electron chi connectivity index (χ2n) is 6.71. The number of aromatic nitrogens is 2. The molecule has 1 aromatic heterocycles. The van der Waals surface area contributed by atoms with Crippen LogP contribution in [0.1, 0.15) is 5.56 Å². The monoisotopic (exact) mass is 389 g/mol. The molecule has 1 saturated heterocycles. The highest BCUT2D eigenvalue weighted by Crippen LogP contribution is 2.18. The number of hydrogen-bond donors (Lipinski definition) is 0. The molecular weight excluding hydrogens is 370 g/mol. The highest BCUT2D eigenvalue weighted by atomic mass is 16.6. The van der Waals surface area contributed by atoms with Gasteiger partial charge in [-0.25, -0.2) is 4.98 Å². The number of hydrogen-bond acceptors (Lipinski definition) is 6. The summed E-state index contributed by atoms with van der Waals surface area (Å²) in [4.78, 5) is 35.9. The first kappa shape index (κ1) is 18.5. The van der Waals surface area contributed by atoms with Crippen molar-refractivity contribution in [2.24, 2.45) is 0 Å². The molecule has 0 bridgehead atoms. The number of amides is 1. The predicted molar refractivity (Wildman–Crippen MR) is 110 cm³/mol. The molecule has 4 rings (SSSR count). The Bertz CT molecular complexity index is 1090. The van der Waals surface area contributed by atoms with Crippen molar-refractivity contribution in [1.82, 2.24) is 14.9 Å². The zero-order valence-corrected chi connectivity index (χ0v) is 15.6. The van der Waals surface area contributed by atoms with Crippen LogP contribution in [0.5, 0.6) is 0 Å². The smallest absolute Gasteiger partial charge is 0.270 e. The van der Waals surface area contributed by atoms with Gasteiger partial charge in [-0.1, -0.05) is 24.3 Å². The van der Waals surface area contributed by atoms with E-state index >= 15 is 0 Å². The van der Waals surface area contributed by atoms with Gasteiger partial charge in [0.05, 0.1) is 22.2 Å². The average molecular weight is 389 g/mol. The SMILES string of the molecule is O=C(/C=C/c1cccc([N+](=O)[O-])c1)N1CCN(c2cnc3ccccc3n2)CC1. The molecular formula is C21H19N5O3. The van der Waals surface area contributed by atoms with Crippen LogP contribution in [0.15, 0.2) is 60.8 Å². The molecule has 8 heteroatoms. The Balaban J connectivity index is 1.38. The van der Waals surface area contributed by atoms with E-state index in [9.17, 15) is 14.9 Å². The summed E-state index contributed by atoms with van der Waals surface area (Å²) in [7, 11) is 0. The molecule has 0 unspecified atom stereocenters. The van der Waals surface area contributed by atoms with Gasteiger partial charge in [0.25, 0.3) is 5.69 Å². The molecule has 0 spiro atoms. The number of non-ortho nitro benzene ring substituents is 1. The van der Waals surface area contributed by atoms with E-state index in [0.29, 0.717) is 31.7 Å². The molecule has 29 heavy (non-hydrogen) atoms. The van der Waals surface area contributed by atoms with Crippen molar-refractivity contribution in [1.29, 1.82) is 0 Å². The summed E-state index contributed by atoms with van der Waals surface area (Å²) < 4.78 is 0. The Hall–Kier alpha value is -3.81. The number of rotatable bonds is 4. The van der Waals surface area contributed by atoms with Gasteiger partial charge in [-0.3, -0.25) is 19.9 Å². The lowest BCUT2D eigenvalue weighted by atomic mass is 10.2. The van der Waals surface area contributed by atoms with Gasteiger partial charge in [0.2, 0.25) is 5.91 Å². The number of nitro groups is 1. The van der Waals surface area contributed by atoms with E-state index in [1.807, 2.05) is 24.3 Å². The molecule has 0 N–H and O–H groups in total. The molecule has 2 aromatic carbocycles. The molecule has 3 aromatic rings. The second kappa shape index (κ2) is 8.05. The molecule has 1 aliphatic heterocycles. The molecule has 1 amide bonds. The Morgan fingerprint density at radius 1 is 1.03 bits per heavy atom. The zero-order valence-electron chi connectivity index (χ0n) is 15.6. The number of piperazine rings is 1. The molecule has 1 fully saturated rings. The van der Waals surface area contributed by atoms with E-state index in [4.69, 9.17) is 0 Å². The lowest BCUT2D eigenvalue weighted by Crippen LogP contribution is -2.48. The van der Waals surface area contributed by atoms with E-state index < -0.39 is 4.92 Å². The number of benzene rings is 2. The van der Waals surface area contributed by atoms with Crippen LogP contribution in [0, 0.1) is 10.1 Å². The third-order valence-corrected chi connectivity index (χ3v) is 4.85. The lowest BCUT2D eigenvalue weighted by molar-refractivity contribution is -0.384. The van der Waals surface area contributed by atoms with E-state index in [1.54, 1.807) is 29.3 Å². The summed E-state index contributed by atoms with van der Waals surface area (Å²) in [6.07, 6.45) is 4.84. The highest BCUT2D eigenvalue weighted by Gasteiger charge is 2.21. The molecule has 0 saturated carbocycles. The quantitative estimate of drug-likeness (QED) is 0.387. The number of nitro benzene ring substituents is 1. The fourth-order valence-electron chi connectivity index (χ4n) is 3.27. The summed E-state index contributed by atoms with van der Waals surface area (Å²) in [6, 6.07) is 13.9. The van der Waals surface area contributed by atoms with Crippen LogP contribution in [0.2, 0.25) is 0 Å². The third kappa shape index (κ3) is 4.21. The fourth-order valence-corrected chi connectivity index (χ4v) is 3.27. The van der Waals surface area contributed by atoms with E-state index in [-0.39, 0.29) is 11.6 Å². The van der Waals surface area contributed by atoms with Gasteiger partial charge >= 0.3 is 0 Å². The van der Waals surface area contributed by atoms with Gasteiger partial charge in [-0.05, 0) is 23.8 Å². The van der Waals surface area contributed by atoms with Crippen molar-refractivity contribution < 1.29 is 9.72 Å². The number of fused-ring (bicyclic) bond motifs is 1. The predicted octanol–water partition coefficient (Wildman–Crippen LogP) is 2.90. The molecule has 146 valence electrons. The Morgan fingerprint density at radius 2 is 1.79 bits per heavy atom. The van der Waals surface area contributed by atoms with Crippen molar-refractivity contribution in [2.75, 3.05) is 31.1 Å². The number of nitrogens with zero attached hydrogens (tertiary/aromatic N) is 5. The average Bonchev–Trinajstić information content (AvgIpc) is 2.77. The molecule has 0 aliphatic carbocycles. The van der Waals surface area contributed by atoms with Crippen molar-refractivity contribution in [3.05, 3.63) is 76.5 Å². The van der Waals surface area contributed by atoms with Crippen molar-refractivity contribution in [2.45, 2.75) is 0 Å².